The number of carbonyl (C=O) groups is 1. The second kappa shape index (κ2) is 13.7. The molecular weight excluding hydrogens is 629 g/mol. The number of halogens is 1. The molecule has 0 spiro atoms. The average Bonchev–Trinajstić information content (AvgIpc) is 2.99. The second-order valence-electron chi connectivity index (χ2n) is 8.87. The van der Waals surface area contributed by atoms with Crippen molar-refractivity contribution in [3.05, 3.63) is 57.2 Å². The van der Waals surface area contributed by atoms with E-state index in [1.54, 1.807) is 36.5 Å². The Labute approximate surface area is 245 Å². The third-order valence-electron chi connectivity index (χ3n) is 6.11. The molecule has 0 bridgehead atoms. The summed E-state index contributed by atoms with van der Waals surface area (Å²) in [4.78, 5) is 30.7. The first-order chi connectivity index (χ1) is 19.6. The third kappa shape index (κ3) is 7.34. The molecule has 0 amide bonds. The second-order valence-corrected chi connectivity index (χ2v) is 10.1. The van der Waals surface area contributed by atoms with Crippen molar-refractivity contribution in [3.63, 3.8) is 0 Å². The fraction of sp³-hybridized carbons (Fsp3) is 0.370. The summed E-state index contributed by atoms with van der Waals surface area (Å²) in [5, 5.41) is 4.36. The van der Waals surface area contributed by atoms with E-state index in [4.69, 9.17) is 23.9 Å². The molecule has 40 heavy (non-hydrogen) atoms. The quantitative estimate of drug-likeness (QED) is 0.120. The van der Waals surface area contributed by atoms with Crippen molar-refractivity contribution in [2.45, 2.75) is 6.92 Å². The molecule has 3 heterocycles. The number of hydrazone groups is 1. The van der Waals surface area contributed by atoms with E-state index in [1.165, 1.54) is 0 Å². The highest BCUT2D eigenvalue weighted by molar-refractivity contribution is 14.1. The third-order valence-corrected chi connectivity index (χ3v) is 6.78. The van der Waals surface area contributed by atoms with Gasteiger partial charge < -0.3 is 28.7 Å². The summed E-state index contributed by atoms with van der Waals surface area (Å²) in [5.74, 6) is 1.81. The lowest BCUT2D eigenvalue weighted by Gasteiger charge is -2.30. The minimum Gasteiger partial charge on any atom is -0.490 e. The summed E-state index contributed by atoms with van der Waals surface area (Å²) >= 11 is 2.16. The largest absolute Gasteiger partial charge is 0.490 e. The van der Waals surface area contributed by atoms with E-state index in [-0.39, 0.29) is 0 Å². The molecular formula is C27H30IN7O5. The van der Waals surface area contributed by atoms with Crippen LogP contribution in [0, 0.1) is 3.57 Å². The zero-order valence-electron chi connectivity index (χ0n) is 22.1. The van der Waals surface area contributed by atoms with Gasteiger partial charge in [-0.2, -0.15) is 20.1 Å². The molecule has 1 N–H and O–H groups in total. The Balaban J connectivity index is 1.32. The number of nitrogens with zero attached hydrogens (tertiary/aromatic N) is 6. The number of benzene rings is 2. The summed E-state index contributed by atoms with van der Waals surface area (Å²) in [5.41, 5.74) is 4.15. The number of nitrogens with one attached hydrogen (secondary N) is 1. The number of aromatic nitrogens is 3. The number of esters is 1. The summed E-state index contributed by atoms with van der Waals surface area (Å²) < 4.78 is 23.3. The number of anilines is 3. The van der Waals surface area contributed by atoms with Gasteiger partial charge in [0.25, 0.3) is 0 Å². The van der Waals surface area contributed by atoms with Crippen LogP contribution in [0.5, 0.6) is 11.5 Å². The minimum atomic E-state index is -0.454. The van der Waals surface area contributed by atoms with Gasteiger partial charge in [-0.1, -0.05) is 6.07 Å². The van der Waals surface area contributed by atoms with Crippen LogP contribution in [0.2, 0.25) is 0 Å². The molecule has 0 aliphatic carbocycles. The lowest BCUT2D eigenvalue weighted by atomic mass is 10.2. The Bertz CT molecular complexity index is 1310. The Hall–Kier alpha value is -3.56. The predicted octanol–water partition coefficient (Wildman–Crippen LogP) is 3.21. The lowest BCUT2D eigenvalue weighted by Crippen LogP contribution is -2.40. The van der Waals surface area contributed by atoms with Crippen LogP contribution in [-0.2, 0) is 9.47 Å². The van der Waals surface area contributed by atoms with Crippen molar-refractivity contribution in [2.24, 2.45) is 5.10 Å². The van der Waals surface area contributed by atoms with Gasteiger partial charge in [0.2, 0.25) is 17.8 Å². The van der Waals surface area contributed by atoms with Crippen molar-refractivity contribution >= 4 is 52.6 Å². The molecule has 2 fully saturated rings. The topological polar surface area (TPSA) is 124 Å². The molecule has 210 valence electrons. The smallest absolute Gasteiger partial charge is 0.343 e. The zero-order valence-corrected chi connectivity index (χ0v) is 24.2. The molecule has 2 aromatic carbocycles. The first-order valence-electron chi connectivity index (χ1n) is 13.0. The highest BCUT2D eigenvalue weighted by atomic mass is 127. The molecule has 2 saturated heterocycles. The fourth-order valence-corrected chi connectivity index (χ4v) is 4.65. The fourth-order valence-electron chi connectivity index (χ4n) is 4.11. The first kappa shape index (κ1) is 28.0. The highest BCUT2D eigenvalue weighted by Gasteiger charge is 2.21. The number of ether oxygens (including phenoxy) is 4. The molecule has 2 aliphatic rings. The summed E-state index contributed by atoms with van der Waals surface area (Å²) in [6.07, 6.45) is 1.63. The SMILES string of the molecule is CCOc1cc(/C=N/Nc2nc(N3CCOCC3)nc(N3CCOCC3)n2)ccc1OC(=O)c1cccc(I)c1. The van der Waals surface area contributed by atoms with Crippen LogP contribution in [-0.4, -0.2) is 86.3 Å². The first-order valence-corrected chi connectivity index (χ1v) is 14.1. The van der Waals surface area contributed by atoms with Crippen molar-refractivity contribution in [3.8, 4) is 11.5 Å². The van der Waals surface area contributed by atoms with Gasteiger partial charge in [-0.25, -0.2) is 10.2 Å². The standard InChI is InChI=1S/C27H30IN7O5/c1-2-39-23-16-19(6-7-22(23)40-24(36)20-4-3-5-21(28)17-20)18-29-33-25-30-26(34-8-12-37-13-9-34)32-27(31-25)35-10-14-38-15-11-35/h3-7,16-18H,2,8-15H2,1H3,(H,30,31,32,33)/b29-18+. The van der Waals surface area contributed by atoms with Crippen molar-refractivity contribution < 1.29 is 23.7 Å². The number of morpholine rings is 2. The van der Waals surface area contributed by atoms with E-state index in [1.807, 2.05) is 19.1 Å². The number of hydrogen-bond donors (Lipinski definition) is 1. The molecule has 5 rings (SSSR count). The molecule has 13 heteroatoms. The molecule has 0 atom stereocenters. The van der Waals surface area contributed by atoms with Crippen LogP contribution in [0.15, 0.2) is 47.6 Å². The maximum atomic E-state index is 12.7. The van der Waals surface area contributed by atoms with Gasteiger partial charge in [-0.3, -0.25) is 0 Å². The van der Waals surface area contributed by atoms with Gasteiger partial charge in [0.1, 0.15) is 0 Å². The minimum absolute atomic E-state index is 0.332. The van der Waals surface area contributed by atoms with E-state index < -0.39 is 5.97 Å². The van der Waals surface area contributed by atoms with Crippen LogP contribution >= 0.6 is 22.6 Å². The Morgan fingerprint density at radius 3 is 2.27 bits per heavy atom. The Kier molecular flexibility index (Phi) is 9.57. The van der Waals surface area contributed by atoms with Gasteiger partial charge in [0.15, 0.2) is 11.5 Å². The van der Waals surface area contributed by atoms with Crippen LogP contribution in [0.25, 0.3) is 0 Å². The number of hydrogen-bond acceptors (Lipinski definition) is 12. The average molecular weight is 659 g/mol. The van der Waals surface area contributed by atoms with Crippen molar-refractivity contribution in [2.75, 3.05) is 74.4 Å². The molecule has 12 nitrogen and oxygen atoms in total. The molecule has 0 unspecified atom stereocenters. The van der Waals surface area contributed by atoms with E-state index in [9.17, 15) is 4.79 Å². The Morgan fingerprint density at radius 2 is 1.65 bits per heavy atom. The maximum absolute atomic E-state index is 12.7. The van der Waals surface area contributed by atoms with Gasteiger partial charge in [-0.05, 0) is 71.5 Å². The summed E-state index contributed by atoms with van der Waals surface area (Å²) in [6, 6.07) is 12.5. The van der Waals surface area contributed by atoms with Gasteiger partial charge >= 0.3 is 5.97 Å². The van der Waals surface area contributed by atoms with E-state index in [2.05, 4.69) is 52.9 Å². The number of rotatable bonds is 9. The highest BCUT2D eigenvalue weighted by Crippen LogP contribution is 2.29. The predicted molar refractivity (Wildman–Crippen MR) is 159 cm³/mol. The monoisotopic (exact) mass is 659 g/mol. The van der Waals surface area contributed by atoms with Crippen LogP contribution in [0.3, 0.4) is 0 Å². The molecule has 2 aliphatic heterocycles. The zero-order chi connectivity index (χ0) is 27.7. The van der Waals surface area contributed by atoms with Crippen molar-refractivity contribution in [1.82, 2.24) is 15.0 Å². The maximum Gasteiger partial charge on any atom is 0.343 e. The number of carbonyl (C=O) groups excluding carboxylic acids is 1. The van der Waals surface area contributed by atoms with Crippen molar-refractivity contribution in [1.29, 1.82) is 0 Å². The molecule has 1 aromatic heterocycles. The molecule has 0 saturated carbocycles. The van der Waals surface area contributed by atoms with E-state index in [0.717, 1.165) is 9.13 Å². The molecule has 3 aromatic rings. The summed E-state index contributed by atoms with van der Waals surface area (Å²) in [7, 11) is 0. The van der Waals surface area contributed by atoms with Crippen LogP contribution < -0.4 is 24.7 Å². The van der Waals surface area contributed by atoms with Gasteiger partial charge in [0.05, 0.1) is 44.8 Å². The summed E-state index contributed by atoms with van der Waals surface area (Å²) in [6.45, 7) is 7.58. The Morgan fingerprint density at radius 1 is 0.975 bits per heavy atom. The van der Waals surface area contributed by atoms with Gasteiger partial charge in [-0.15, -0.1) is 0 Å². The van der Waals surface area contributed by atoms with E-state index in [0.29, 0.717) is 94.1 Å². The van der Waals surface area contributed by atoms with Crippen LogP contribution in [0.4, 0.5) is 17.8 Å². The van der Waals surface area contributed by atoms with Crippen LogP contribution in [0.1, 0.15) is 22.8 Å². The van der Waals surface area contributed by atoms with E-state index >= 15 is 0 Å². The molecule has 0 radical (unpaired) electrons. The lowest BCUT2D eigenvalue weighted by molar-refractivity contribution is 0.0728. The normalized spacial score (nSPS) is 15.8. The van der Waals surface area contributed by atoms with Gasteiger partial charge in [0, 0.05) is 29.7 Å².